The summed E-state index contributed by atoms with van der Waals surface area (Å²) < 4.78 is 5.20. The zero-order valence-corrected chi connectivity index (χ0v) is 16.1. The Kier molecular flexibility index (Phi) is 6.89. The number of carbonyl (C=O) groups is 2. The Morgan fingerprint density at radius 3 is 2.38 bits per heavy atom. The molecular formula is C20H30N2O4. The Bertz CT molecular complexity index is 615. The third kappa shape index (κ3) is 5.13. The molecule has 0 aliphatic carbocycles. The molecule has 1 aromatic rings. The van der Waals surface area contributed by atoms with Gasteiger partial charge in [-0.1, -0.05) is 13.8 Å². The van der Waals surface area contributed by atoms with Crippen LogP contribution in [0.1, 0.15) is 33.6 Å². The van der Waals surface area contributed by atoms with Gasteiger partial charge in [-0.15, -0.1) is 0 Å². The molecule has 1 aliphatic rings. The van der Waals surface area contributed by atoms with E-state index in [0.29, 0.717) is 18.9 Å². The quantitative estimate of drug-likeness (QED) is 0.808. The van der Waals surface area contributed by atoms with Crippen LogP contribution in [0.15, 0.2) is 24.3 Å². The summed E-state index contributed by atoms with van der Waals surface area (Å²) in [5, 5.41) is 9.15. The molecule has 0 aromatic heterocycles. The number of anilines is 1. The van der Waals surface area contributed by atoms with E-state index in [4.69, 9.17) is 9.84 Å². The van der Waals surface area contributed by atoms with E-state index in [2.05, 4.69) is 4.90 Å². The molecule has 2 atom stereocenters. The Morgan fingerprint density at radius 2 is 1.88 bits per heavy atom. The number of aliphatic carboxylic acids is 1. The normalized spacial score (nSPS) is 18.7. The minimum Gasteiger partial charge on any atom is -0.497 e. The lowest BCUT2D eigenvalue weighted by Crippen LogP contribution is -2.55. The summed E-state index contributed by atoms with van der Waals surface area (Å²) in [5.41, 5.74) is 1.11. The lowest BCUT2D eigenvalue weighted by atomic mass is 9.92. The lowest BCUT2D eigenvalue weighted by molar-refractivity contribution is -0.146. The van der Waals surface area contributed by atoms with Crippen LogP contribution in [-0.2, 0) is 9.59 Å². The standard InChI is InChI=1S/C20H30N2O4/c1-14(2)11-16(12-19(23)24)20(25)22-10-9-21(13-15(22)3)17-5-7-18(26-4)8-6-17/h5-8,14-16H,9-13H2,1-4H3,(H,23,24)/t15-,16?/m1/s1. The van der Waals surface area contributed by atoms with Gasteiger partial charge < -0.3 is 19.6 Å². The van der Waals surface area contributed by atoms with Gasteiger partial charge in [0.1, 0.15) is 5.75 Å². The van der Waals surface area contributed by atoms with E-state index in [9.17, 15) is 9.59 Å². The molecule has 1 saturated heterocycles. The molecular weight excluding hydrogens is 332 g/mol. The van der Waals surface area contributed by atoms with Crippen LogP contribution in [0, 0.1) is 11.8 Å². The number of amides is 1. The maximum Gasteiger partial charge on any atom is 0.304 e. The van der Waals surface area contributed by atoms with Crippen LogP contribution in [0.25, 0.3) is 0 Å². The van der Waals surface area contributed by atoms with Gasteiger partial charge in [-0.2, -0.15) is 0 Å². The van der Waals surface area contributed by atoms with Gasteiger partial charge in [-0.25, -0.2) is 0 Å². The van der Waals surface area contributed by atoms with Crippen LogP contribution < -0.4 is 9.64 Å². The van der Waals surface area contributed by atoms with Crippen molar-refractivity contribution in [3.63, 3.8) is 0 Å². The molecule has 1 N–H and O–H groups in total. The number of rotatable bonds is 7. The number of ether oxygens (including phenoxy) is 1. The van der Waals surface area contributed by atoms with Crippen molar-refractivity contribution in [3.8, 4) is 5.75 Å². The van der Waals surface area contributed by atoms with E-state index in [0.717, 1.165) is 24.5 Å². The maximum absolute atomic E-state index is 12.9. The first kappa shape index (κ1) is 20.1. The summed E-state index contributed by atoms with van der Waals surface area (Å²) >= 11 is 0. The average molecular weight is 362 g/mol. The van der Waals surface area contributed by atoms with Gasteiger partial charge in [0.05, 0.1) is 13.5 Å². The highest BCUT2D eigenvalue weighted by molar-refractivity contribution is 5.83. The zero-order valence-electron chi connectivity index (χ0n) is 16.1. The summed E-state index contributed by atoms with van der Waals surface area (Å²) in [7, 11) is 1.65. The van der Waals surface area contributed by atoms with Gasteiger partial charge in [0.15, 0.2) is 0 Å². The predicted molar refractivity (Wildman–Crippen MR) is 102 cm³/mol. The second-order valence-electron chi connectivity index (χ2n) is 7.45. The van der Waals surface area contributed by atoms with E-state index in [1.165, 1.54) is 0 Å². The molecule has 26 heavy (non-hydrogen) atoms. The van der Waals surface area contributed by atoms with Crippen molar-refractivity contribution >= 4 is 17.6 Å². The monoisotopic (exact) mass is 362 g/mol. The Hall–Kier alpha value is -2.24. The van der Waals surface area contributed by atoms with E-state index in [-0.39, 0.29) is 18.4 Å². The van der Waals surface area contributed by atoms with Crippen LogP contribution in [0.5, 0.6) is 5.75 Å². The highest BCUT2D eigenvalue weighted by atomic mass is 16.5. The maximum atomic E-state index is 12.9. The smallest absolute Gasteiger partial charge is 0.304 e. The molecule has 0 radical (unpaired) electrons. The second kappa shape index (κ2) is 8.92. The first-order valence-electron chi connectivity index (χ1n) is 9.23. The molecule has 1 aliphatic heterocycles. The van der Waals surface area contributed by atoms with E-state index in [1.54, 1.807) is 7.11 Å². The Labute approximate surface area is 155 Å². The molecule has 0 spiro atoms. The largest absolute Gasteiger partial charge is 0.497 e. The summed E-state index contributed by atoms with van der Waals surface area (Å²) in [4.78, 5) is 28.2. The Morgan fingerprint density at radius 1 is 1.23 bits per heavy atom. The van der Waals surface area contributed by atoms with Gasteiger partial charge >= 0.3 is 5.97 Å². The van der Waals surface area contributed by atoms with E-state index >= 15 is 0 Å². The molecule has 2 rings (SSSR count). The van der Waals surface area contributed by atoms with Crippen LogP contribution in [0.3, 0.4) is 0 Å². The summed E-state index contributed by atoms with van der Waals surface area (Å²) in [6, 6.07) is 7.96. The number of hydrogen-bond acceptors (Lipinski definition) is 4. The first-order valence-corrected chi connectivity index (χ1v) is 9.23. The van der Waals surface area contributed by atoms with E-state index < -0.39 is 11.9 Å². The molecule has 6 heteroatoms. The highest BCUT2D eigenvalue weighted by Crippen LogP contribution is 2.25. The number of benzene rings is 1. The van der Waals surface area contributed by atoms with E-state index in [1.807, 2.05) is 49.9 Å². The molecule has 0 bridgehead atoms. The lowest BCUT2D eigenvalue weighted by Gasteiger charge is -2.42. The molecule has 1 amide bonds. The van der Waals surface area contributed by atoms with Gasteiger partial charge in [-0.3, -0.25) is 9.59 Å². The number of carboxylic acids is 1. The van der Waals surface area contributed by atoms with Gasteiger partial charge in [-0.05, 0) is 43.5 Å². The Balaban J connectivity index is 2.03. The van der Waals surface area contributed by atoms with Crippen molar-refractivity contribution < 1.29 is 19.4 Å². The second-order valence-corrected chi connectivity index (χ2v) is 7.45. The molecule has 6 nitrogen and oxygen atoms in total. The van der Waals surface area contributed by atoms with Crippen molar-refractivity contribution in [2.24, 2.45) is 11.8 Å². The van der Waals surface area contributed by atoms with Crippen molar-refractivity contribution in [1.82, 2.24) is 4.90 Å². The number of carboxylic acid groups (broad SMARTS) is 1. The number of nitrogens with zero attached hydrogens (tertiary/aromatic N) is 2. The molecule has 1 fully saturated rings. The zero-order chi connectivity index (χ0) is 19.3. The average Bonchev–Trinajstić information content (AvgIpc) is 2.60. The van der Waals surface area contributed by atoms with Gasteiger partial charge in [0.25, 0.3) is 0 Å². The highest BCUT2D eigenvalue weighted by Gasteiger charge is 2.33. The summed E-state index contributed by atoms with van der Waals surface area (Å²) in [6.45, 7) is 8.16. The fourth-order valence-electron chi connectivity index (χ4n) is 3.60. The van der Waals surface area contributed by atoms with Crippen molar-refractivity contribution in [2.75, 3.05) is 31.6 Å². The number of carbonyl (C=O) groups excluding carboxylic acids is 1. The molecule has 1 unspecified atom stereocenters. The fraction of sp³-hybridized carbons (Fsp3) is 0.600. The van der Waals surface area contributed by atoms with Crippen LogP contribution in [0.2, 0.25) is 0 Å². The number of piperazine rings is 1. The summed E-state index contributed by atoms with van der Waals surface area (Å²) in [5.74, 6) is -0.265. The molecule has 144 valence electrons. The van der Waals surface area contributed by atoms with Gasteiger partial charge in [0.2, 0.25) is 5.91 Å². The number of methoxy groups -OCH3 is 1. The topological polar surface area (TPSA) is 70.1 Å². The van der Waals surface area contributed by atoms with Crippen LogP contribution >= 0.6 is 0 Å². The third-order valence-electron chi connectivity index (χ3n) is 4.87. The van der Waals surface area contributed by atoms with Crippen molar-refractivity contribution in [2.45, 2.75) is 39.7 Å². The van der Waals surface area contributed by atoms with Crippen LogP contribution in [-0.4, -0.2) is 54.7 Å². The number of hydrogen-bond donors (Lipinski definition) is 1. The third-order valence-corrected chi connectivity index (χ3v) is 4.87. The molecule has 1 aromatic carbocycles. The minimum atomic E-state index is -0.909. The SMILES string of the molecule is COc1ccc(N2CCN(C(=O)C(CC(=O)O)CC(C)C)[C@H](C)C2)cc1. The first-order chi connectivity index (χ1) is 12.3. The molecule has 0 saturated carbocycles. The van der Waals surface area contributed by atoms with Crippen molar-refractivity contribution in [3.05, 3.63) is 24.3 Å². The predicted octanol–water partition coefficient (Wildman–Crippen LogP) is 2.87. The van der Waals surface area contributed by atoms with Crippen LogP contribution in [0.4, 0.5) is 5.69 Å². The summed E-state index contributed by atoms with van der Waals surface area (Å²) in [6.07, 6.45) is 0.513. The minimum absolute atomic E-state index is 0.0250. The fourth-order valence-corrected chi connectivity index (χ4v) is 3.60. The molecule has 1 heterocycles. The van der Waals surface area contributed by atoms with Crippen molar-refractivity contribution in [1.29, 1.82) is 0 Å². The van der Waals surface area contributed by atoms with Gasteiger partial charge in [0, 0.05) is 37.3 Å².